The number of hydrogen-bond donors (Lipinski definition) is 0. The summed E-state index contributed by atoms with van der Waals surface area (Å²) in [6.07, 6.45) is 0.973. The molecule has 0 amide bonds. The first-order valence-electron chi connectivity index (χ1n) is 6.01. The predicted molar refractivity (Wildman–Crippen MR) is 77.3 cm³/mol. The van der Waals surface area contributed by atoms with Gasteiger partial charge in [0.15, 0.2) is 0 Å². The van der Waals surface area contributed by atoms with E-state index in [1.54, 1.807) is 25.2 Å². The summed E-state index contributed by atoms with van der Waals surface area (Å²) in [5, 5.41) is 1.88. The molecule has 0 N–H and O–H groups in total. The Morgan fingerprint density at radius 1 is 1.28 bits per heavy atom. The van der Waals surface area contributed by atoms with Crippen molar-refractivity contribution in [3.8, 4) is 0 Å². The van der Waals surface area contributed by atoms with E-state index in [1.165, 1.54) is 10.4 Å². The number of aryl methyl sites for hydroxylation is 3. The van der Waals surface area contributed by atoms with Crippen molar-refractivity contribution in [3.05, 3.63) is 56.5 Å². The molecule has 1 aromatic carbocycles. The summed E-state index contributed by atoms with van der Waals surface area (Å²) in [7, 11) is 0. The third-order valence-corrected chi connectivity index (χ3v) is 4.77. The first-order chi connectivity index (χ1) is 8.54. The van der Waals surface area contributed by atoms with Crippen LogP contribution in [-0.2, 0) is 6.42 Å². The van der Waals surface area contributed by atoms with Crippen LogP contribution >= 0.6 is 22.9 Å². The zero-order valence-corrected chi connectivity index (χ0v) is 12.3. The topological polar surface area (TPSA) is 0 Å². The van der Waals surface area contributed by atoms with Gasteiger partial charge in [-0.1, -0.05) is 19.1 Å². The fourth-order valence-electron chi connectivity index (χ4n) is 2.14. The smallest absolute Gasteiger partial charge is 0.129 e. The van der Waals surface area contributed by atoms with E-state index in [1.807, 2.05) is 12.1 Å². The minimum absolute atomic E-state index is 0.135. The fourth-order valence-corrected chi connectivity index (χ4v) is 3.56. The van der Waals surface area contributed by atoms with E-state index >= 15 is 0 Å². The van der Waals surface area contributed by atoms with Crippen LogP contribution in [0.15, 0.2) is 23.6 Å². The van der Waals surface area contributed by atoms with Crippen molar-refractivity contribution in [3.63, 3.8) is 0 Å². The number of thiophene rings is 1. The molecule has 1 atom stereocenters. The lowest BCUT2D eigenvalue weighted by Gasteiger charge is -2.13. The van der Waals surface area contributed by atoms with Crippen LogP contribution in [0.2, 0.25) is 0 Å². The third-order valence-electron chi connectivity index (χ3n) is 3.14. The van der Waals surface area contributed by atoms with E-state index in [0.717, 1.165) is 12.0 Å². The van der Waals surface area contributed by atoms with Crippen LogP contribution in [0.25, 0.3) is 0 Å². The minimum Gasteiger partial charge on any atom is -0.206 e. The van der Waals surface area contributed by atoms with Gasteiger partial charge < -0.3 is 0 Å². The lowest BCUT2D eigenvalue weighted by Crippen LogP contribution is -1.98. The summed E-state index contributed by atoms with van der Waals surface area (Å²) < 4.78 is 13.6. The Kier molecular flexibility index (Phi) is 4.08. The second kappa shape index (κ2) is 5.41. The van der Waals surface area contributed by atoms with Crippen LogP contribution in [0, 0.1) is 19.7 Å². The van der Waals surface area contributed by atoms with Crippen LogP contribution in [-0.4, -0.2) is 0 Å². The Morgan fingerprint density at radius 3 is 2.44 bits per heavy atom. The monoisotopic (exact) mass is 282 g/mol. The highest BCUT2D eigenvalue weighted by Gasteiger charge is 2.17. The Hall–Kier alpha value is -0.860. The summed E-state index contributed by atoms with van der Waals surface area (Å²) in [6, 6.07) is 5.80. The maximum Gasteiger partial charge on any atom is 0.129 e. The molecule has 0 aliphatic heterocycles. The van der Waals surface area contributed by atoms with Gasteiger partial charge in [-0.2, -0.15) is 0 Å². The van der Waals surface area contributed by atoms with Crippen molar-refractivity contribution in [2.45, 2.75) is 32.6 Å². The number of halogens is 2. The lowest BCUT2D eigenvalue weighted by molar-refractivity contribution is 0.608. The molecule has 18 heavy (non-hydrogen) atoms. The molecule has 1 aromatic heterocycles. The van der Waals surface area contributed by atoms with Crippen molar-refractivity contribution in [2.24, 2.45) is 0 Å². The van der Waals surface area contributed by atoms with Crippen molar-refractivity contribution in [2.75, 3.05) is 0 Å². The Morgan fingerprint density at radius 2 is 1.89 bits per heavy atom. The molecule has 2 aromatic rings. The molecule has 0 radical (unpaired) electrons. The molecule has 0 bridgehead atoms. The SMILES string of the molecule is CCc1ccsc1C(Cl)c1cc(C)c(F)c(C)c1. The quantitative estimate of drug-likeness (QED) is 0.662. The van der Waals surface area contributed by atoms with Gasteiger partial charge in [-0.3, -0.25) is 0 Å². The van der Waals surface area contributed by atoms with Gasteiger partial charge in [0.2, 0.25) is 0 Å². The van der Waals surface area contributed by atoms with Crippen molar-refractivity contribution < 1.29 is 4.39 Å². The molecule has 0 fully saturated rings. The normalized spacial score (nSPS) is 12.7. The van der Waals surface area contributed by atoms with E-state index in [4.69, 9.17) is 11.6 Å². The van der Waals surface area contributed by atoms with Crippen LogP contribution in [0.1, 0.15) is 39.4 Å². The zero-order chi connectivity index (χ0) is 13.3. The number of benzene rings is 1. The Bertz CT molecular complexity index is 536. The van der Waals surface area contributed by atoms with Gasteiger partial charge in [0.1, 0.15) is 5.82 Å². The van der Waals surface area contributed by atoms with Gasteiger partial charge in [-0.15, -0.1) is 22.9 Å². The van der Waals surface area contributed by atoms with E-state index in [9.17, 15) is 4.39 Å². The number of alkyl halides is 1. The molecule has 0 aliphatic rings. The minimum atomic E-state index is -0.182. The predicted octanol–water partition coefficient (Wildman–Crippen LogP) is 5.39. The van der Waals surface area contributed by atoms with Crippen molar-refractivity contribution >= 4 is 22.9 Å². The van der Waals surface area contributed by atoms with Crippen molar-refractivity contribution in [1.29, 1.82) is 0 Å². The average Bonchev–Trinajstić information content (AvgIpc) is 2.82. The zero-order valence-electron chi connectivity index (χ0n) is 10.8. The highest BCUT2D eigenvalue weighted by atomic mass is 35.5. The number of hydrogen-bond acceptors (Lipinski definition) is 1. The summed E-state index contributed by atoms with van der Waals surface area (Å²) in [4.78, 5) is 1.17. The summed E-state index contributed by atoms with van der Waals surface area (Å²) in [5.41, 5.74) is 3.57. The maximum atomic E-state index is 13.6. The van der Waals surface area contributed by atoms with Crippen LogP contribution in [0.5, 0.6) is 0 Å². The summed E-state index contributed by atoms with van der Waals surface area (Å²) in [6.45, 7) is 5.69. The van der Waals surface area contributed by atoms with Crippen LogP contribution in [0.3, 0.4) is 0 Å². The summed E-state index contributed by atoms with van der Waals surface area (Å²) in [5.74, 6) is -0.135. The van der Waals surface area contributed by atoms with E-state index in [2.05, 4.69) is 18.4 Å². The molecular formula is C15H16ClFS. The first-order valence-corrected chi connectivity index (χ1v) is 7.33. The molecule has 2 rings (SSSR count). The fraction of sp³-hybridized carbons (Fsp3) is 0.333. The Balaban J connectivity index is 2.43. The molecule has 0 saturated carbocycles. The lowest BCUT2D eigenvalue weighted by atomic mass is 10.0. The second-order valence-corrected chi connectivity index (χ2v) is 5.88. The second-order valence-electron chi connectivity index (χ2n) is 4.49. The molecule has 1 heterocycles. The molecule has 0 nitrogen and oxygen atoms in total. The highest BCUT2D eigenvalue weighted by molar-refractivity contribution is 7.10. The molecule has 0 aliphatic carbocycles. The maximum absolute atomic E-state index is 13.6. The molecule has 3 heteroatoms. The first kappa shape index (κ1) is 13.6. The standard InChI is InChI=1S/C15H16ClFS/c1-4-11-5-6-18-15(11)13(16)12-7-9(2)14(17)10(3)8-12/h5-8,13H,4H2,1-3H3. The molecular weight excluding hydrogens is 267 g/mol. The van der Waals surface area contributed by atoms with Gasteiger partial charge in [-0.25, -0.2) is 4.39 Å². The highest BCUT2D eigenvalue weighted by Crippen LogP contribution is 2.36. The Labute approximate surface area is 116 Å². The summed E-state index contributed by atoms with van der Waals surface area (Å²) >= 11 is 8.21. The van der Waals surface area contributed by atoms with Gasteiger partial charge >= 0.3 is 0 Å². The molecule has 96 valence electrons. The molecule has 1 unspecified atom stereocenters. The van der Waals surface area contributed by atoms with Crippen LogP contribution in [0.4, 0.5) is 4.39 Å². The van der Waals surface area contributed by atoms with Crippen molar-refractivity contribution in [1.82, 2.24) is 0 Å². The van der Waals surface area contributed by atoms with Gasteiger partial charge in [-0.05, 0) is 54.0 Å². The van der Waals surface area contributed by atoms with E-state index in [-0.39, 0.29) is 11.2 Å². The molecule has 0 spiro atoms. The van der Waals surface area contributed by atoms with E-state index in [0.29, 0.717) is 11.1 Å². The van der Waals surface area contributed by atoms with Crippen LogP contribution < -0.4 is 0 Å². The molecule has 0 saturated heterocycles. The van der Waals surface area contributed by atoms with Gasteiger partial charge in [0.05, 0.1) is 5.38 Å². The largest absolute Gasteiger partial charge is 0.206 e. The van der Waals surface area contributed by atoms with E-state index < -0.39 is 0 Å². The van der Waals surface area contributed by atoms with Gasteiger partial charge in [0.25, 0.3) is 0 Å². The number of rotatable bonds is 3. The third kappa shape index (κ3) is 2.45. The average molecular weight is 283 g/mol. The van der Waals surface area contributed by atoms with Gasteiger partial charge in [0, 0.05) is 4.88 Å².